The maximum absolute atomic E-state index is 3.93. The van der Waals surface area contributed by atoms with Crippen LogP contribution in [0.5, 0.6) is 0 Å². The summed E-state index contributed by atoms with van der Waals surface area (Å²) in [7, 11) is 0. The molecule has 0 aliphatic heterocycles. The molecule has 5 nitrogen and oxygen atoms in total. The Labute approximate surface area is 93.8 Å². The Morgan fingerprint density at radius 2 is 2.12 bits per heavy atom. The predicted octanol–water partition coefficient (Wildman–Crippen LogP) is 1.65. The van der Waals surface area contributed by atoms with E-state index in [4.69, 9.17) is 0 Å². The van der Waals surface area contributed by atoms with Gasteiger partial charge in [0.05, 0.1) is 5.69 Å². The van der Waals surface area contributed by atoms with E-state index >= 15 is 0 Å². The highest BCUT2D eigenvalue weighted by Gasteiger charge is 2.06. The monoisotopic (exact) mass is 215 g/mol. The minimum Gasteiger partial charge on any atom is -0.349 e. The van der Waals surface area contributed by atoms with E-state index in [9.17, 15) is 0 Å². The van der Waals surface area contributed by atoms with Crippen LogP contribution in [0, 0.1) is 0 Å². The van der Waals surface area contributed by atoms with Gasteiger partial charge in [0.1, 0.15) is 0 Å². The van der Waals surface area contributed by atoms with Crippen molar-refractivity contribution in [1.29, 1.82) is 0 Å². The van der Waals surface area contributed by atoms with Crippen molar-refractivity contribution in [1.82, 2.24) is 20.2 Å². The van der Waals surface area contributed by atoms with Crippen molar-refractivity contribution in [3.63, 3.8) is 0 Å². The first-order valence-corrected chi connectivity index (χ1v) is 4.99. The quantitative estimate of drug-likeness (QED) is 0.788. The van der Waals surface area contributed by atoms with Gasteiger partial charge < -0.3 is 5.32 Å². The first-order chi connectivity index (χ1) is 7.77. The predicted molar refractivity (Wildman–Crippen MR) is 62.5 cm³/mol. The van der Waals surface area contributed by atoms with Crippen LogP contribution in [0.25, 0.3) is 5.69 Å². The van der Waals surface area contributed by atoms with Crippen molar-refractivity contribution in [2.45, 2.75) is 6.92 Å². The van der Waals surface area contributed by atoms with Gasteiger partial charge in [0, 0.05) is 6.54 Å². The molecule has 0 bridgehead atoms. The summed E-state index contributed by atoms with van der Waals surface area (Å²) in [5, 5.41) is 14.6. The third kappa shape index (κ3) is 2.25. The minimum absolute atomic E-state index is 0.620. The molecule has 1 N–H and O–H groups in total. The molecule has 5 heteroatoms. The molecule has 0 amide bonds. The first-order valence-electron chi connectivity index (χ1n) is 4.99. The Bertz CT molecular complexity index is 474. The molecular formula is C11H13N5. The molecule has 0 saturated heterocycles. The van der Waals surface area contributed by atoms with Crippen LogP contribution in [0.15, 0.2) is 42.5 Å². The van der Waals surface area contributed by atoms with Gasteiger partial charge >= 0.3 is 0 Å². The molecule has 0 aliphatic rings. The summed E-state index contributed by atoms with van der Waals surface area (Å²) in [6.45, 7) is 6.42. The fourth-order valence-corrected chi connectivity index (χ4v) is 1.27. The van der Waals surface area contributed by atoms with Crippen LogP contribution in [0.3, 0.4) is 0 Å². The summed E-state index contributed by atoms with van der Waals surface area (Å²) >= 11 is 0. The fourth-order valence-electron chi connectivity index (χ4n) is 1.27. The number of anilines is 1. The highest BCUT2D eigenvalue weighted by molar-refractivity contribution is 5.38. The average molecular weight is 215 g/mol. The lowest BCUT2D eigenvalue weighted by Gasteiger charge is -2.06. The van der Waals surface area contributed by atoms with E-state index in [-0.39, 0.29) is 0 Å². The van der Waals surface area contributed by atoms with E-state index in [1.54, 1.807) is 4.68 Å². The van der Waals surface area contributed by atoms with Crippen molar-refractivity contribution in [2.75, 3.05) is 11.9 Å². The zero-order chi connectivity index (χ0) is 11.4. The molecule has 0 spiro atoms. The number of aromatic nitrogens is 4. The molecule has 2 aromatic rings. The number of hydrogen-bond acceptors (Lipinski definition) is 4. The highest BCUT2D eigenvalue weighted by Crippen LogP contribution is 2.10. The van der Waals surface area contributed by atoms with E-state index in [1.165, 1.54) is 0 Å². The summed E-state index contributed by atoms with van der Waals surface area (Å²) in [5.74, 6) is 0.620. The average Bonchev–Trinajstić information content (AvgIpc) is 2.75. The van der Waals surface area contributed by atoms with Crippen molar-refractivity contribution in [2.24, 2.45) is 0 Å². The number of tetrazole rings is 1. The van der Waals surface area contributed by atoms with Gasteiger partial charge in [-0.1, -0.05) is 35.4 Å². The molecule has 2 rings (SSSR count). The van der Waals surface area contributed by atoms with Crippen LogP contribution in [0.1, 0.15) is 6.92 Å². The molecule has 0 atom stereocenters. The van der Waals surface area contributed by atoms with Crippen LogP contribution in [0.4, 0.5) is 5.95 Å². The molecule has 0 aliphatic carbocycles. The van der Waals surface area contributed by atoms with E-state index in [2.05, 4.69) is 27.4 Å². The van der Waals surface area contributed by atoms with E-state index in [0.717, 1.165) is 11.3 Å². The second-order valence-corrected chi connectivity index (χ2v) is 3.56. The van der Waals surface area contributed by atoms with Crippen molar-refractivity contribution in [3.8, 4) is 5.69 Å². The molecule has 1 aromatic heterocycles. The summed E-state index contributed by atoms with van der Waals surface area (Å²) in [4.78, 5) is 0. The first kappa shape index (κ1) is 10.4. The third-order valence-electron chi connectivity index (χ3n) is 2.02. The molecule has 0 radical (unpaired) electrons. The van der Waals surface area contributed by atoms with Crippen LogP contribution in [-0.4, -0.2) is 26.8 Å². The second kappa shape index (κ2) is 4.57. The Balaban J connectivity index is 2.23. The second-order valence-electron chi connectivity index (χ2n) is 3.56. The topological polar surface area (TPSA) is 55.6 Å². The van der Waals surface area contributed by atoms with E-state index in [1.807, 2.05) is 37.3 Å². The van der Waals surface area contributed by atoms with Crippen molar-refractivity contribution < 1.29 is 0 Å². The molecule has 0 unspecified atom stereocenters. The van der Waals surface area contributed by atoms with E-state index in [0.29, 0.717) is 12.5 Å². The molecule has 1 aromatic carbocycles. The van der Waals surface area contributed by atoms with Gasteiger partial charge in [0.2, 0.25) is 5.95 Å². The Hall–Kier alpha value is -2.17. The number of hydrogen-bond donors (Lipinski definition) is 1. The molecule has 0 fully saturated rings. The van der Waals surface area contributed by atoms with Crippen LogP contribution >= 0.6 is 0 Å². The van der Waals surface area contributed by atoms with Gasteiger partial charge in [-0.2, -0.15) is 4.68 Å². The maximum atomic E-state index is 3.93. The minimum atomic E-state index is 0.620. The molecule has 16 heavy (non-hydrogen) atoms. The lowest BCUT2D eigenvalue weighted by Crippen LogP contribution is -2.09. The van der Waals surface area contributed by atoms with Crippen LogP contribution < -0.4 is 5.32 Å². The normalized spacial score (nSPS) is 10.1. The van der Waals surface area contributed by atoms with Crippen LogP contribution in [-0.2, 0) is 0 Å². The zero-order valence-corrected chi connectivity index (χ0v) is 9.09. The number of para-hydroxylation sites is 1. The molecule has 82 valence electrons. The van der Waals surface area contributed by atoms with Gasteiger partial charge in [-0.15, -0.1) is 0 Å². The standard InChI is InChI=1S/C11H13N5/c1-9(2)8-12-11-13-14-15-16(11)10-6-4-3-5-7-10/h3-7H,1,8H2,2H3,(H,12,13,15). The van der Waals surface area contributed by atoms with Gasteiger partial charge in [-0.05, 0) is 29.5 Å². The zero-order valence-electron chi connectivity index (χ0n) is 9.09. The largest absolute Gasteiger partial charge is 0.349 e. The third-order valence-corrected chi connectivity index (χ3v) is 2.02. The number of benzene rings is 1. The summed E-state index contributed by atoms with van der Waals surface area (Å²) in [5.41, 5.74) is 1.96. The Morgan fingerprint density at radius 1 is 1.38 bits per heavy atom. The van der Waals surface area contributed by atoms with Crippen molar-refractivity contribution in [3.05, 3.63) is 42.5 Å². The lowest BCUT2D eigenvalue weighted by molar-refractivity contribution is 0.790. The maximum Gasteiger partial charge on any atom is 0.248 e. The molecule has 0 saturated carbocycles. The number of nitrogens with one attached hydrogen (secondary N) is 1. The highest BCUT2D eigenvalue weighted by atomic mass is 15.6. The van der Waals surface area contributed by atoms with Gasteiger partial charge in [-0.25, -0.2) is 0 Å². The summed E-state index contributed by atoms with van der Waals surface area (Å²) in [6, 6.07) is 9.73. The molecule has 1 heterocycles. The number of nitrogens with zero attached hydrogens (tertiary/aromatic N) is 4. The van der Waals surface area contributed by atoms with Crippen LogP contribution in [0.2, 0.25) is 0 Å². The van der Waals surface area contributed by atoms with Crippen molar-refractivity contribution >= 4 is 5.95 Å². The summed E-state index contributed by atoms with van der Waals surface area (Å²) in [6.07, 6.45) is 0. The van der Waals surface area contributed by atoms with Gasteiger partial charge in [0.15, 0.2) is 0 Å². The summed E-state index contributed by atoms with van der Waals surface area (Å²) < 4.78 is 1.66. The Kier molecular flexibility index (Phi) is 2.95. The smallest absolute Gasteiger partial charge is 0.248 e. The molecular weight excluding hydrogens is 202 g/mol. The van der Waals surface area contributed by atoms with E-state index < -0.39 is 0 Å². The SMILES string of the molecule is C=C(C)CNc1nnnn1-c1ccccc1. The van der Waals surface area contributed by atoms with Gasteiger partial charge in [0.25, 0.3) is 0 Å². The lowest BCUT2D eigenvalue weighted by atomic mass is 10.3. The van der Waals surface area contributed by atoms with Gasteiger partial charge in [-0.3, -0.25) is 0 Å². The number of rotatable bonds is 4. The Morgan fingerprint density at radius 3 is 2.81 bits per heavy atom. The fraction of sp³-hybridized carbons (Fsp3) is 0.182.